The molecule has 2 N–H and O–H groups in total. The van der Waals surface area contributed by atoms with Gasteiger partial charge in [-0.15, -0.1) is 0 Å². The van der Waals surface area contributed by atoms with E-state index in [-0.39, 0.29) is 0 Å². The van der Waals surface area contributed by atoms with E-state index in [1.807, 2.05) is 30.3 Å². The van der Waals surface area contributed by atoms with Gasteiger partial charge >= 0.3 is 0 Å². The Morgan fingerprint density at radius 2 is 1.84 bits per heavy atom. The van der Waals surface area contributed by atoms with Crippen molar-refractivity contribution in [3.63, 3.8) is 0 Å². The Labute approximate surface area is 113 Å². The van der Waals surface area contributed by atoms with E-state index in [0.717, 1.165) is 5.56 Å². The van der Waals surface area contributed by atoms with E-state index < -0.39 is 15.1 Å². The molecule has 1 unspecified atom stereocenters. The smallest absolute Gasteiger partial charge is 0.155 e. The molecule has 1 heterocycles. The molecule has 0 spiro atoms. The lowest BCUT2D eigenvalue weighted by atomic mass is 10.0. The minimum Gasteiger partial charge on any atom is -0.383 e. The minimum atomic E-state index is -3.22. The number of anilines is 1. The topological polar surface area (TPSA) is 78.0 Å². The summed E-state index contributed by atoms with van der Waals surface area (Å²) in [5.41, 5.74) is 8.09. The van der Waals surface area contributed by atoms with Crippen LogP contribution in [0.25, 0.3) is 11.1 Å². The van der Waals surface area contributed by atoms with Crippen LogP contribution in [0, 0.1) is 0 Å². The lowest BCUT2D eigenvalue weighted by Crippen LogP contribution is -2.09. The van der Waals surface area contributed by atoms with E-state index in [1.54, 1.807) is 14.0 Å². The Kier molecular flexibility index (Phi) is 3.36. The van der Waals surface area contributed by atoms with E-state index in [2.05, 4.69) is 5.10 Å². The Bertz CT molecular complexity index is 690. The van der Waals surface area contributed by atoms with E-state index in [0.29, 0.717) is 17.1 Å². The maximum absolute atomic E-state index is 11.7. The first kappa shape index (κ1) is 13.6. The predicted molar refractivity (Wildman–Crippen MR) is 76.3 cm³/mol. The molecule has 19 heavy (non-hydrogen) atoms. The Morgan fingerprint density at radius 1 is 1.26 bits per heavy atom. The third kappa shape index (κ3) is 2.49. The Hall–Kier alpha value is -1.82. The second kappa shape index (κ2) is 4.70. The number of hydrogen-bond acceptors (Lipinski definition) is 4. The average Bonchev–Trinajstić information content (AvgIpc) is 2.65. The Balaban J connectivity index is 2.68. The summed E-state index contributed by atoms with van der Waals surface area (Å²) in [5, 5.41) is 3.58. The average molecular weight is 279 g/mol. The second-order valence-corrected chi connectivity index (χ2v) is 6.97. The summed E-state index contributed by atoms with van der Waals surface area (Å²) >= 11 is 0. The number of nitrogens with zero attached hydrogens (tertiary/aromatic N) is 2. The molecule has 0 aliphatic carbocycles. The molecule has 5 nitrogen and oxygen atoms in total. The van der Waals surface area contributed by atoms with Crippen molar-refractivity contribution in [2.75, 3.05) is 12.0 Å². The molecule has 0 radical (unpaired) electrons. The SMILES string of the molecule is CC(c1nn(C)c(N)c1-c1ccccc1)S(C)(=O)=O. The summed E-state index contributed by atoms with van der Waals surface area (Å²) in [6.07, 6.45) is 1.21. The highest BCUT2D eigenvalue weighted by Crippen LogP contribution is 2.35. The molecule has 2 aromatic rings. The summed E-state index contributed by atoms with van der Waals surface area (Å²) in [7, 11) is -1.51. The van der Waals surface area contributed by atoms with Crippen molar-refractivity contribution in [1.82, 2.24) is 9.78 Å². The fourth-order valence-corrected chi connectivity index (χ4v) is 2.52. The number of rotatable bonds is 3. The highest BCUT2D eigenvalue weighted by atomic mass is 32.2. The molecule has 1 atom stereocenters. The van der Waals surface area contributed by atoms with Gasteiger partial charge in [-0.25, -0.2) is 8.42 Å². The highest BCUT2D eigenvalue weighted by molar-refractivity contribution is 7.90. The maximum Gasteiger partial charge on any atom is 0.155 e. The number of nitrogen functional groups attached to an aromatic ring is 1. The van der Waals surface area contributed by atoms with Gasteiger partial charge in [0.15, 0.2) is 9.84 Å². The lowest BCUT2D eigenvalue weighted by Gasteiger charge is -2.09. The zero-order chi connectivity index (χ0) is 14.2. The molecule has 0 saturated heterocycles. The molecule has 1 aromatic heterocycles. The van der Waals surface area contributed by atoms with Crippen LogP contribution < -0.4 is 5.73 Å². The van der Waals surface area contributed by atoms with Crippen LogP contribution in [0.5, 0.6) is 0 Å². The van der Waals surface area contributed by atoms with Crippen molar-refractivity contribution in [2.24, 2.45) is 7.05 Å². The van der Waals surface area contributed by atoms with Crippen LogP contribution in [0.2, 0.25) is 0 Å². The van der Waals surface area contributed by atoms with E-state index in [1.165, 1.54) is 10.9 Å². The fourth-order valence-electron chi connectivity index (χ4n) is 1.95. The predicted octanol–water partition coefficient (Wildman–Crippen LogP) is 1.77. The zero-order valence-corrected chi connectivity index (χ0v) is 12.0. The molecular formula is C13H17N3O2S. The van der Waals surface area contributed by atoms with Crippen LogP contribution in [0.4, 0.5) is 5.82 Å². The van der Waals surface area contributed by atoms with Gasteiger partial charge in [0.1, 0.15) is 11.1 Å². The van der Waals surface area contributed by atoms with Crippen molar-refractivity contribution in [3.05, 3.63) is 36.0 Å². The van der Waals surface area contributed by atoms with Gasteiger partial charge in [-0.2, -0.15) is 5.10 Å². The first-order valence-corrected chi connectivity index (χ1v) is 7.84. The van der Waals surface area contributed by atoms with Crippen molar-refractivity contribution in [2.45, 2.75) is 12.2 Å². The van der Waals surface area contributed by atoms with E-state index >= 15 is 0 Å². The molecule has 6 heteroatoms. The molecule has 0 bridgehead atoms. The number of hydrogen-bond donors (Lipinski definition) is 1. The van der Waals surface area contributed by atoms with Crippen LogP contribution in [-0.4, -0.2) is 24.5 Å². The normalized spacial score (nSPS) is 13.4. The van der Waals surface area contributed by atoms with Gasteiger partial charge in [-0.3, -0.25) is 4.68 Å². The third-order valence-electron chi connectivity index (χ3n) is 3.21. The fraction of sp³-hybridized carbons (Fsp3) is 0.308. The molecule has 102 valence electrons. The molecule has 0 fully saturated rings. The van der Waals surface area contributed by atoms with Gasteiger partial charge in [0.05, 0.1) is 5.69 Å². The number of aryl methyl sites for hydroxylation is 1. The standard InChI is InChI=1S/C13H17N3O2S/c1-9(19(3,17)18)12-11(13(14)16(2)15-12)10-7-5-4-6-8-10/h4-9H,14H2,1-3H3. The number of aromatic nitrogens is 2. The maximum atomic E-state index is 11.7. The van der Waals surface area contributed by atoms with Crippen molar-refractivity contribution in [1.29, 1.82) is 0 Å². The summed E-state index contributed by atoms with van der Waals surface area (Å²) in [5.74, 6) is 0.469. The van der Waals surface area contributed by atoms with Crippen molar-refractivity contribution >= 4 is 15.7 Å². The number of sulfone groups is 1. The first-order valence-electron chi connectivity index (χ1n) is 5.89. The second-order valence-electron chi connectivity index (χ2n) is 4.61. The number of nitrogens with two attached hydrogens (primary N) is 1. The number of benzene rings is 1. The monoisotopic (exact) mass is 279 g/mol. The summed E-state index contributed by atoms with van der Waals surface area (Å²) in [6.45, 7) is 1.63. The minimum absolute atomic E-state index is 0.469. The van der Waals surface area contributed by atoms with Gasteiger partial charge < -0.3 is 5.73 Å². The van der Waals surface area contributed by atoms with Crippen LogP contribution in [0.15, 0.2) is 30.3 Å². The molecule has 0 aliphatic heterocycles. The molecule has 0 aliphatic rings. The Morgan fingerprint density at radius 3 is 2.37 bits per heavy atom. The summed E-state index contributed by atoms with van der Waals surface area (Å²) < 4.78 is 25.0. The van der Waals surface area contributed by atoms with Gasteiger partial charge in [-0.1, -0.05) is 30.3 Å². The van der Waals surface area contributed by atoms with E-state index in [9.17, 15) is 8.42 Å². The molecular weight excluding hydrogens is 262 g/mol. The highest BCUT2D eigenvalue weighted by Gasteiger charge is 2.26. The van der Waals surface area contributed by atoms with Crippen molar-refractivity contribution in [3.8, 4) is 11.1 Å². The van der Waals surface area contributed by atoms with Gasteiger partial charge in [0.25, 0.3) is 0 Å². The van der Waals surface area contributed by atoms with Crippen LogP contribution in [0.1, 0.15) is 17.9 Å². The lowest BCUT2D eigenvalue weighted by molar-refractivity contribution is 0.589. The van der Waals surface area contributed by atoms with Crippen LogP contribution in [0.3, 0.4) is 0 Å². The largest absolute Gasteiger partial charge is 0.383 e. The van der Waals surface area contributed by atoms with Gasteiger partial charge in [0.2, 0.25) is 0 Å². The zero-order valence-electron chi connectivity index (χ0n) is 11.2. The molecule has 2 rings (SSSR count). The summed E-state index contributed by atoms with van der Waals surface area (Å²) in [4.78, 5) is 0. The molecule has 0 saturated carbocycles. The van der Waals surface area contributed by atoms with Gasteiger partial charge in [-0.05, 0) is 12.5 Å². The summed E-state index contributed by atoms with van der Waals surface area (Å²) in [6, 6.07) is 9.46. The third-order valence-corrected chi connectivity index (χ3v) is 4.72. The first-order chi connectivity index (χ1) is 8.82. The molecule has 0 amide bonds. The van der Waals surface area contributed by atoms with Crippen molar-refractivity contribution < 1.29 is 8.42 Å². The quantitative estimate of drug-likeness (QED) is 0.929. The van der Waals surface area contributed by atoms with Gasteiger partial charge in [0, 0.05) is 18.9 Å². The van der Waals surface area contributed by atoms with E-state index in [4.69, 9.17) is 5.73 Å². The van der Waals surface area contributed by atoms with Crippen LogP contribution >= 0.6 is 0 Å². The molecule has 1 aromatic carbocycles. The van der Waals surface area contributed by atoms with Crippen LogP contribution in [-0.2, 0) is 16.9 Å².